The summed E-state index contributed by atoms with van der Waals surface area (Å²) in [5.74, 6) is -0.831. The molecule has 5 heteroatoms. The lowest BCUT2D eigenvalue weighted by Gasteiger charge is -2.24. The van der Waals surface area contributed by atoms with Crippen LogP contribution in [-0.4, -0.2) is 6.54 Å². The monoisotopic (exact) mass is 247 g/mol. The normalized spacial score (nSPS) is 21.5. The van der Waals surface area contributed by atoms with E-state index < -0.39 is 17.6 Å². The standard InChI is InChI=1S/C12H13F4N/c13-10-6-8(11-3-1-2-4-17-11)5-9(7-10)12(14,15)16/h5-7,11,17H,1-4H2. The second-order valence-corrected chi connectivity index (χ2v) is 4.27. The molecule has 94 valence electrons. The highest BCUT2D eigenvalue weighted by Gasteiger charge is 2.32. The molecule has 1 aromatic rings. The number of alkyl halides is 3. The third-order valence-corrected chi connectivity index (χ3v) is 2.96. The minimum absolute atomic E-state index is 0.166. The maximum absolute atomic E-state index is 13.2. The summed E-state index contributed by atoms with van der Waals surface area (Å²) in [6.07, 6.45) is -1.78. The highest BCUT2D eigenvalue weighted by atomic mass is 19.4. The smallest absolute Gasteiger partial charge is 0.310 e. The maximum atomic E-state index is 13.2. The zero-order valence-electron chi connectivity index (χ0n) is 9.15. The number of hydrogen-bond acceptors (Lipinski definition) is 1. The number of piperidine rings is 1. The molecule has 0 spiro atoms. The van der Waals surface area contributed by atoms with Crippen LogP contribution in [0.2, 0.25) is 0 Å². The predicted octanol–water partition coefficient (Wildman–Crippen LogP) is 3.66. The molecule has 17 heavy (non-hydrogen) atoms. The van der Waals surface area contributed by atoms with Gasteiger partial charge in [0.05, 0.1) is 5.56 Å². The molecule has 1 unspecified atom stereocenters. The predicted molar refractivity (Wildman–Crippen MR) is 56.0 cm³/mol. The molecule has 1 saturated heterocycles. The maximum Gasteiger partial charge on any atom is 0.416 e. The molecule has 0 amide bonds. The lowest BCUT2D eigenvalue weighted by molar-refractivity contribution is -0.137. The van der Waals surface area contributed by atoms with Gasteiger partial charge in [-0.05, 0) is 43.1 Å². The zero-order valence-corrected chi connectivity index (χ0v) is 9.15. The van der Waals surface area contributed by atoms with Crippen molar-refractivity contribution in [2.24, 2.45) is 0 Å². The third kappa shape index (κ3) is 2.97. The molecule has 1 nitrogen and oxygen atoms in total. The van der Waals surface area contributed by atoms with Crippen molar-refractivity contribution in [1.82, 2.24) is 5.32 Å². The molecule has 0 aromatic heterocycles. The second-order valence-electron chi connectivity index (χ2n) is 4.27. The highest BCUT2D eigenvalue weighted by Crippen LogP contribution is 2.33. The minimum atomic E-state index is -4.49. The highest BCUT2D eigenvalue weighted by molar-refractivity contribution is 5.29. The van der Waals surface area contributed by atoms with Crippen molar-refractivity contribution in [2.45, 2.75) is 31.5 Å². The van der Waals surface area contributed by atoms with Gasteiger partial charge in [0, 0.05) is 6.04 Å². The summed E-state index contributed by atoms with van der Waals surface area (Å²) in [4.78, 5) is 0. The Kier molecular flexibility index (Phi) is 3.38. The number of rotatable bonds is 1. The molecular weight excluding hydrogens is 234 g/mol. The summed E-state index contributed by atoms with van der Waals surface area (Å²) in [6, 6.07) is 2.58. The van der Waals surface area contributed by atoms with Gasteiger partial charge in [-0.3, -0.25) is 0 Å². The van der Waals surface area contributed by atoms with Gasteiger partial charge >= 0.3 is 6.18 Å². The molecule has 1 aromatic carbocycles. The van der Waals surface area contributed by atoms with Crippen LogP contribution in [0.15, 0.2) is 18.2 Å². The quantitative estimate of drug-likeness (QED) is 0.747. The molecule has 0 bridgehead atoms. The van der Waals surface area contributed by atoms with E-state index in [0.717, 1.165) is 31.9 Å². The summed E-state index contributed by atoms with van der Waals surface area (Å²) in [6.45, 7) is 0.766. The summed E-state index contributed by atoms with van der Waals surface area (Å²) in [5, 5.41) is 3.11. The van der Waals surface area contributed by atoms with E-state index in [2.05, 4.69) is 5.32 Å². The fourth-order valence-corrected chi connectivity index (χ4v) is 2.11. The third-order valence-electron chi connectivity index (χ3n) is 2.96. The molecule has 1 aliphatic rings. The summed E-state index contributed by atoms with van der Waals surface area (Å²) in [5.41, 5.74) is -0.531. The fraction of sp³-hybridized carbons (Fsp3) is 0.500. The van der Waals surface area contributed by atoms with Gasteiger partial charge in [-0.15, -0.1) is 0 Å². The Hall–Kier alpha value is -1.10. The molecule has 1 aliphatic heterocycles. The van der Waals surface area contributed by atoms with Crippen molar-refractivity contribution in [3.8, 4) is 0 Å². The molecule has 1 N–H and O–H groups in total. The van der Waals surface area contributed by atoms with Crippen LogP contribution < -0.4 is 5.32 Å². The van der Waals surface area contributed by atoms with Gasteiger partial charge in [0.15, 0.2) is 0 Å². The van der Waals surface area contributed by atoms with Gasteiger partial charge < -0.3 is 5.32 Å². The summed E-state index contributed by atoms with van der Waals surface area (Å²) in [7, 11) is 0. The number of hydrogen-bond donors (Lipinski definition) is 1. The molecule has 1 atom stereocenters. The van der Waals surface area contributed by atoms with Crippen LogP contribution in [-0.2, 0) is 6.18 Å². The average Bonchev–Trinajstić information content (AvgIpc) is 2.28. The number of benzene rings is 1. The Morgan fingerprint density at radius 1 is 1.12 bits per heavy atom. The molecule has 0 saturated carbocycles. The first-order valence-corrected chi connectivity index (χ1v) is 5.58. The zero-order chi connectivity index (χ0) is 12.5. The lowest BCUT2D eigenvalue weighted by Crippen LogP contribution is -2.27. The first-order chi connectivity index (χ1) is 7.97. The van der Waals surface area contributed by atoms with Gasteiger partial charge in [0.25, 0.3) is 0 Å². The number of halogens is 4. The SMILES string of the molecule is Fc1cc(C2CCCCN2)cc(C(F)(F)F)c1. The molecule has 1 heterocycles. The van der Waals surface area contributed by atoms with Crippen molar-refractivity contribution in [3.63, 3.8) is 0 Å². The van der Waals surface area contributed by atoms with Crippen LogP contribution >= 0.6 is 0 Å². The Bertz CT molecular complexity index is 394. The van der Waals surface area contributed by atoms with E-state index in [1.165, 1.54) is 6.07 Å². The van der Waals surface area contributed by atoms with Crippen molar-refractivity contribution in [2.75, 3.05) is 6.54 Å². The minimum Gasteiger partial charge on any atom is -0.310 e. The van der Waals surface area contributed by atoms with E-state index >= 15 is 0 Å². The van der Waals surface area contributed by atoms with Crippen LogP contribution in [0.5, 0.6) is 0 Å². The van der Waals surface area contributed by atoms with E-state index in [-0.39, 0.29) is 6.04 Å². The van der Waals surface area contributed by atoms with Crippen LogP contribution in [0.25, 0.3) is 0 Å². The molecule has 1 fully saturated rings. The van der Waals surface area contributed by atoms with E-state index in [1.54, 1.807) is 0 Å². The lowest BCUT2D eigenvalue weighted by atomic mass is 9.96. The summed E-state index contributed by atoms with van der Waals surface area (Å²) < 4.78 is 50.8. The van der Waals surface area contributed by atoms with E-state index in [4.69, 9.17) is 0 Å². The van der Waals surface area contributed by atoms with Gasteiger partial charge in [-0.25, -0.2) is 4.39 Å². The summed E-state index contributed by atoms with van der Waals surface area (Å²) >= 11 is 0. The largest absolute Gasteiger partial charge is 0.416 e. The topological polar surface area (TPSA) is 12.0 Å². The van der Waals surface area contributed by atoms with Crippen molar-refractivity contribution >= 4 is 0 Å². The Morgan fingerprint density at radius 2 is 1.88 bits per heavy atom. The molecular formula is C12H13F4N. The van der Waals surface area contributed by atoms with E-state index in [9.17, 15) is 17.6 Å². The molecule has 2 rings (SSSR count). The molecule has 0 radical (unpaired) electrons. The Morgan fingerprint density at radius 3 is 2.47 bits per heavy atom. The van der Waals surface area contributed by atoms with Crippen molar-refractivity contribution < 1.29 is 17.6 Å². The van der Waals surface area contributed by atoms with Crippen LogP contribution in [0.4, 0.5) is 17.6 Å². The van der Waals surface area contributed by atoms with Crippen LogP contribution in [0.1, 0.15) is 36.4 Å². The van der Waals surface area contributed by atoms with Crippen LogP contribution in [0.3, 0.4) is 0 Å². The van der Waals surface area contributed by atoms with Gasteiger partial charge in [0.1, 0.15) is 5.82 Å². The van der Waals surface area contributed by atoms with Crippen molar-refractivity contribution in [3.05, 3.63) is 35.1 Å². The number of nitrogens with one attached hydrogen (secondary N) is 1. The average molecular weight is 247 g/mol. The second kappa shape index (κ2) is 4.64. The Labute approximate surface area is 96.8 Å². The first kappa shape index (κ1) is 12.4. The van der Waals surface area contributed by atoms with E-state index in [0.29, 0.717) is 11.6 Å². The van der Waals surface area contributed by atoms with Gasteiger partial charge in [0.2, 0.25) is 0 Å². The molecule has 0 aliphatic carbocycles. The van der Waals surface area contributed by atoms with Gasteiger partial charge in [-0.2, -0.15) is 13.2 Å². The Balaban J connectivity index is 2.31. The first-order valence-electron chi connectivity index (χ1n) is 5.58. The van der Waals surface area contributed by atoms with Crippen LogP contribution in [0, 0.1) is 5.82 Å². The van der Waals surface area contributed by atoms with E-state index in [1.807, 2.05) is 0 Å². The van der Waals surface area contributed by atoms with Gasteiger partial charge in [-0.1, -0.05) is 6.42 Å². The van der Waals surface area contributed by atoms with Crippen molar-refractivity contribution in [1.29, 1.82) is 0 Å². The fourth-order valence-electron chi connectivity index (χ4n) is 2.11.